The van der Waals surface area contributed by atoms with Crippen LogP contribution in [0.3, 0.4) is 0 Å². The second-order valence-corrected chi connectivity index (χ2v) is 5.00. The number of anilines is 1. The molecule has 8 heteroatoms. The molecular weight excluding hydrogens is 324 g/mol. The van der Waals surface area contributed by atoms with E-state index in [-0.39, 0.29) is 24.7 Å². The Morgan fingerprint density at radius 3 is 2.80 bits per heavy atom. The zero-order valence-corrected chi connectivity index (χ0v) is 13.5. The number of nitro groups is 1. The molecule has 8 nitrogen and oxygen atoms in total. The highest BCUT2D eigenvalue weighted by Crippen LogP contribution is 2.25. The zero-order chi connectivity index (χ0) is 18.2. The average molecular weight is 340 g/mol. The first-order valence-electron chi connectivity index (χ1n) is 7.32. The zero-order valence-electron chi connectivity index (χ0n) is 13.5. The Morgan fingerprint density at radius 2 is 2.12 bits per heavy atom. The van der Waals surface area contributed by atoms with Crippen LogP contribution in [-0.4, -0.2) is 22.5 Å². The van der Waals surface area contributed by atoms with E-state index in [4.69, 9.17) is 10.5 Å². The summed E-state index contributed by atoms with van der Waals surface area (Å²) in [4.78, 5) is 25.7. The fourth-order valence-electron chi connectivity index (χ4n) is 2.00. The molecule has 1 aromatic heterocycles. The third kappa shape index (κ3) is 4.94. The van der Waals surface area contributed by atoms with Gasteiger partial charge in [-0.1, -0.05) is 42.2 Å². The van der Waals surface area contributed by atoms with Gasteiger partial charge in [0.1, 0.15) is 6.61 Å². The van der Waals surface area contributed by atoms with E-state index in [2.05, 4.69) is 22.1 Å². The van der Waals surface area contributed by atoms with Gasteiger partial charge in [0.15, 0.2) is 0 Å². The van der Waals surface area contributed by atoms with Gasteiger partial charge in [-0.2, -0.15) is 0 Å². The van der Waals surface area contributed by atoms with Gasteiger partial charge in [-0.3, -0.25) is 10.1 Å². The minimum atomic E-state index is -0.601. The van der Waals surface area contributed by atoms with Gasteiger partial charge in [-0.25, -0.2) is 9.78 Å². The number of carbonyl (C=O) groups excluding carboxylic acids is 1. The van der Waals surface area contributed by atoms with Crippen LogP contribution in [0, 0.1) is 28.9 Å². The first-order chi connectivity index (χ1) is 12.0. The van der Waals surface area contributed by atoms with E-state index in [0.717, 1.165) is 5.56 Å². The number of nitrogens with one attached hydrogen (secondary N) is 1. The van der Waals surface area contributed by atoms with Crippen molar-refractivity contribution in [1.29, 1.82) is 0 Å². The predicted molar refractivity (Wildman–Crippen MR) is 91.5 cm³/mol. The number of alkyl carbamates (subject to hydrolysis) is 1. The van der Waals surface area contributed by atoms with E-state index < -0.39 is 11.0 Å². The van der Waals surface area contributed by atoms with E-state index in [0.29, 0.717) is 11.1 Å². The molecule has 0 unspecified atom stereocenters. The number of hydrogen-bond donors (Lipinski definition) is 2. The van der Waals surface area contributed by atoms with Gasteiger partial charge < -0.3 is 15.8 Å². The van der Waals surface area contributed by atoms with E-state index in [1.165, 1.54) is 6.20 Å². The van der Waals surface area contributed by atoms with Crippen molar-refractivity contribution in [2.45, 2.75) is 13.5 Å². The highest BCUT2D eigenvalue weighted by atomic mass is 16.6. The maximum absolute atomic E-state index is 11.6. The summed E-state index contributed by atoms with van der Waals surface area (Å²) in [6.45, 7) is 1.74. The molecule has 25 heavy (non-hydrogen) atoms. The maximum Gasteiger partial charge on any atom is 0.408 e. The molecule has 0 saturated heterocycles. The van der Waals surface area contributed by atoms with Crippen molar-refractivity contribution in [2.24, 2.45) is 0 Å². The lowest BCUT2D eigenvalue weighted by Gasteiger charge is -2.04. The lowest BCUT2D eigenvalue weighted by Crippen LogP contribution is -2.24. The molecule has 3 N–H and O–H groups in total. The summed E-state index contributed by atoms with van der Waals surface area (Å²) in [5.74, 6) is 5.26. The average Bonchev–Trinajstić information content (AvgIpc) is 2.59. The van der Waals surface area contributed by atoms with Crippen LogP contribution in [0.1, 0.15) is 16.7 Å². The van der Waals surface area contributed by atoms with Gasteiger partial charge in [0.25, 0.3) is 0 Å². The van der Waals surface area contributed by atoms with Gasteiger partial charge in [0, 0.05) is 11.8 Å². The van der Waals surface area contributed by atoms with Crippen LogP contribution in [-0.2, 0) is 11.3 Å². The summed E-state index contributed by atoms with van der Waals surface area (Å²) in [5.41, 5.74) is 6.81. The summed E-state index contributed by atoms with van der Waals surface area (Å²) in [6, 6.07) is 9.26. The molecule has 1 amide bonds. The standard InChI is InChI=1S/C17H16N4O4/c1-12-14(10-20-16(18)15(12)21(23)24)8-5-9-19-17(22)25-11-13-6-3-2-4-7-13/h2-4,6-7,10H,9,11H2,1H3,(H2,18,20)(H,19,22). The molecule has 0 atom stereocenters. The molecule has 0 aliphatic rings. The second kappa shape index (κ2) is 8.31. The summed E-state index contributed by atoms with van der Waals surface area (Å²) < 4.78 is 5.03. The molecular formula is C17H16N4O4. The predicted octanol–water partition coefficient (Wildman–Crippen LogP) is 2.16. The number of ether oxygens (including phenoxy) is 1. The SMILES string of the molecule is Cc1c(C#CCNC(=O)OCc2ccccc2)cnc(N)c1[N+](=O)[O-]. The van der Waals surface area contributed by atoms with Gasteiger partial charge in [0.2, 0.25) is 5.82 Å². The van der Waals surface area contributed by atoms with Gasteiger partial charge in [-0.15, -0.1) is 0 Å². The highest BCUT2D eigenvalue weighted by Gasteiger charge is 2.18. The van der Waals surface area contributed by atoms with Crippen molar-refractivity contribution >= 4 is 17.6 Å². The van der Waals surface area contributed by atoms with Crippen LogP contribution in [0.15, 0.2) is 36.5 Å². The Labute approximate surface area is 144 Å². The van der Waals surface area contributed by atoms with Crippen molar-refractivity contribution in [2.75, 3.05) is 12.3 Å². The molecule has 128 valence electrons. The molecule has 2 rings (SSSR count). The Kier molecular flexibility index (Phi) is 5.90. The molecule has 0 radical (unpaired) electrons. The molecule has 1 heterocycles. The smallest absolute Gasteiger partial charge is 0.408 e. The monoisotopic (exact) mass is 340 g/mol. The van der Waals surface area contributed by atoms with Crippen LogP contribution in [0.5, 0.6) is 0 Å². The molecule has 0 bridgehead atoms. The normalized spacial score (nSPS) is 9.64. The van der Waals surface area contributed by atoms with Crippen molar-refractivity contribution in [3.63, 3.8) is 0 Å². The third-order valence-corrected chi connectivity index (χ3v) is 3.27. The number of nitrogen functional groups attached to an aromatic ring is 1. The van der Waals surface area contributed by atoms with Crippen LogP contribution < -0.4 is 11.1 Å². The minimum Gasteiger partial charge on any atom is -0.445 e. The summed E-state index contributed by atoms with van der Waals surface area (Å²) in [7, 11) is 0. The van der Waals surface area contributed by atoms with E-state index in [1.807, 2.05) is 30.3 Å². The van der Waals surface area contributed by atoms with Crippen molar-refractivity contribution in [3.05, 3.63) is 63.3 Å². The topological polar surface area (TPSA) is 120 Å². The number of rotatable bonds is 4. The Balaban J connectivity index is 1.89. The van der Waals surface area contributed by atoms with E-state index >= 15 is 0 Å². The molecule has 0 saturated carbocycles. The Morgan fingerprint density at radius 1 is 1.40 bits per heavy atom. The lowest BCUT2D eigenvalue weighted by atomic mass is 10.1. The summed E-state index contributed by atoms with van der Waals surface area (Å²) >= 11 is 0. The minimum absolute atomic E-state index is 0.0330. The molecule has 0 aliphatic heterocycles. The molecule has 2 aromatic rings. The molecule has 0 spiro atoms. The molecule has 0 aliphatic carbocycles. The largest absolute Gasteiger partial charge is 0.445 e. The van der Waals surface area contributed by atoms with Crippen molar-refractivity contribution < 1.29 is 14.5 Å². The van der Waals surface area contributed by atoms with E-state index in [9.17, 15) is 14.9 Å². The van der Waals surface area contributed by atoms with Gasteiger partial charge in [0.05, 0.1) is 17.0 Å². The van der Waals surface area contributed by atoms with Crippen LogP contribution in [0.2, 0.25) is 0 Å². The van der Waals surface area contributed by atoms with Gasteiger partial charge >= 0.3 is 11.8 Å². The first-order valence-corrected chi connectivity index (χ1v) is 7.32. The first kappa shape index (κ1) is 17.7. The lowest BCUT2D eigenvalue weighted by molar-refractivity contribution is -0.384. The van der Waals surface area contributed by atoms with E-state index in [1.54, 1.807) is 6.92 Å². The number of nitrogens with zero attached hydrogens (tertiary/aromatic N) is 2. The van der Waals surface area contributed by atoms with Crippen LogP contribution >= 0.6 is 0 Å². The fraction of sp³-hybridized carbons (Fsp3) is 0.176. The highest BCUT2D eigenvalue weighted by molar-refractivity contribution is 5.67. The van der Waals surface area contributed by atoms with Crippen molar-refractivity contribution in [1.82, 2.24) is 10.3 Å². The molecule has 0 fully saturated rings. The number of benzene rings is 1. The Bertz CT molecular complexity index is 841. The second-order valence-electron chi connectivity index (χ2n) is 5.00. The van der Waals surface area contributed by atoms with Crippen molar-refractivity contribution in [3.8, 4) is 11.8 Å². The Hall–Kier alpha value is -3.60. The number of carbonyl (C=O) groups is 1. The quantitative estimate of drug-likeness (QED) is 0.500. The number of pyridine rings is 1. The number of hydrogen-bond acceptors (Lipinski definition) is 6. The molecule has 1 aromatic carbocycles. The maximum atomic E-state index is 11.6. The third-order valence-electron chi connectivity index (χ3n) is 3.27. The fourth-order valence-corrected chi connectivity index (χ4v) is 2.00. The number of aromatic nitrogens is 1. The number of nitrogens with two attached hydrogens (primary N) is 1. The summed E-state index contributed by atoms with van der Waals surface area (Å²) in [5, 5.41) is 13.4. The van der Waals surface area contributed by atoms with Crippen LogP contribution in [0.4, 0.5) is 16.3 Å². The van der Waals surface area contributed by atoms with Gasteiger partial charge in [-0.05, 0) is 12.5 Å². The summed E-state index contributed by atoms with van der Waals surface area (Å²) in [6.07, 6.45) is 0.759. The van der Waals surface area contributed by atoms with Crippen LogP contribution in [0.25, 0.3) is 0 Å². The number of amides is 1.